The van der Waals surface area contributed by atoms with Crippen LogP contribution >= 0.6 is 15.9 Å². The molecule has 114 valence electrons. The summed E-state index contributed by atoms with van der Waals surface area (Å²) in [5.41, 5.74) is 1.43. The van der Waals surface area contributed by atoms with Gasteiger partial charge in [0, 0.05) is 22.2 Å². The van der Waals surface area contributed by atoms with Crippen molar-refractivity contribution in [3.05, 3.63) is 79.9 Å². The summed E-state index contributed by atoms with van der Waals surface area (Å²) >= 11 is 3.40. The molecule has 6 nitrogen and oxygen atoms in total. The predicted octanol–water partition coefficient (Wildman–Crippen LogP) is 3.70. The van der Waals surface area contributed by atoms with Gasteiger partial charge in [-0.2, -0.15) is 0 Å². The first-order chi connectivity index (χ1) is 11.0. The van der Waals surface area contributed by atoms with Crippen LogP contribution in [-0.4, -0.2) is 16.8 Å². The number of nitro groups is 1. The Balaban J connectivity index is 1.92. The smallest absolute Gasteiger partial charge is 0.363 e. The normalized spacial score (nSPS) is 15.4. The highest BCUT2D eigenvalue weighted by Crippen LogP contribution is 2.24. The van der Waals surface area contributed by atoms with Crippen LogP contribution in [0.5, 0.6) is 0 Å². The molecule has 0 saturated carbocycles. The molecule has 0 atom stereocenters. The van der Waals surface area contributed by atoms with E-state index in [1.54, 1.807) is 6.08 Å². The van der Waals surface area contributed by atoms with Gasteiger partial charge in [0.1, 0.15) is 0 Å². The Morgan fingerprint density at radius 3 is 2.48 bits per heavy atom. The van der Waals surface area contributed by atoms with Crippen LogP contribution in [0, 0.1) is 10.1 Å². The molecule has 0 fully saturated rings. The highest BCUT2D eigenvalue weighted by atomic mass is 79.9. The van der Waals surface area contributed by atoms with E-state index in [1.165, 1.54) is 24.3 Å². The Morgan fingerprint density at radius 2 is 1.83 bits per heavy atom. The largest absolute Gasteiger partial charge is 0.402 e. The minimum atomic E-state index is -0.561. The molecular weight excluding hydrogens is 364 g/mol. The number of hydrogen-bond donors (Lipinski definition) is 0. The Morgan fingerprint density at radius 1 is 1.13 bits per heavy atom. The summed E-state index contributed by atoms with van der Waals surface area (Å²) in [6, 6.07) is 13.1. The second kappa shape index (κ2) is 6.13. The fourth-order valence-electron chi connectivity index (χ4n) is 2.00. The molecule has 1 aliphatic heterocycles. The number of esters is 1. The summed E-state index contributed by atoms with van der Waals surface area (Å²) in [5.74, 6) is -0.433. The molecule has 2 aromatic rings. The molecule has 0 spiro atoms. The van der Waals surface area contributed by atoms with Crippen molar-refractivity contribution in [2.24, 2.45) is 4.99 Å². The zero-order chi connectivity index (χ0) is 16.4. The van der Waals surface area contributed by atoms with E-state index in [-0.39, 0.29) is 17.3 Å². The molecule has 0 amide bonds. The van der Waals surface area contributed by atoms with E-state index in [4.69, 9.17) is 4.74 Å². The molecule has 2 aromatic carbocycles. The van der Waals surface area contributed by atoms with E-state index < -0.39 is 10.9 Å². The lowest BCUT2D eigenvalue weighted by Gasteiger charge is -1.98. The number of aliphatic imine (C=N–C) groups is 1. The quantitative estimate of drug-likeness (QED) is 0.356. The van der Waals surface area contributed by atoms with Crippen LogP contribution < -0.4 is 0 Å². The summed E-state index contributed by atoms with van der Waals surface area (Å²) in [6.07, 6.45) is 1.62. The maximum Gasteiger partial charge on any atom is 0.363 e. The Kier molecular flexibility index (Phi) is 4.03. The summed E-state index contributed by atoms with van der Waals surface area (Å²) in [7, 11) is 0. The van der Waals surface area contributed by atoms with Crippen molar-refractivity contribution in [3.8, 4) is 0 Å². The first-order valence-corrected chi connectivity index (χ1v) is 7.36. The van der Waals surface area contributed by atoms with Crippen molar-refractivity contribution < 1.29 is 14.5 Å². The number of cyclic esters (lactones) is 1. The van der Waals surface area contributed by atoms with E-state index in [1.807, 2.05) is 24.3 Å². The maximum absolute atomic E-state index is 11.9. The topological polar surface area (TPSA) is 81.8 Å². The number of rotatable bonds is 3. The second-order valence-electron chi connectivity index (χ2n) is 4.66. The van der Waals surface area contributed by atoms with Gasteiger partial charge >= 0.3 is 5.97 Å². The number of nitro benzene ring substituents is 1. The second-order valence-corrected chi connectivity index (χ2v) is 5.52. The monoisotopic (exact) mass is 372 g/mol. The van der Waals surface area contributed by atoms with Gasteiger partial charge in [-0.25, -0.2) is 9.79 Å². The molecule has 0 unspecified atom stereocenters. The van der Waals surface area contributed by atoms with Crippen LogP contribution in [-0.2, 0) is 9.53 Å². The van der Waals surface area contributed by atoms with Crippen molar-refractivity contribution in [2.75, 3.05) is 0 Å². The molecule has 1 aliphatic rings. The summed E-state index contributed by atoms with van der Waals surface area (Å²) < 4.78 is 5.96. The van der Waals surface area contributed by atoms with Gasteiger partial charge in [-0.15, -0.1) is 0 Å². The zero-order valence-electron chi connectivity index (χ0n) is 11.6. The van der Waals surface area contributed by atoms with Gasteiger partial charge in [-0.05, 0) is 29.8 Å². The van der Waals surface area contributed by atoms with Gasteiger partial charge in [-0.1, -0.05) is 34.1 Å². The third-order valence-electron chi connectivity index (χ3n) is 3.14. The number of halogens is 1. The summed E-state index contributed by atoms with van der Waals surface area (Å²) in [5, 5.41) is 10.6. The van der Waals surface area contributed by atoms with Crippen molar-refractivity contribution >= 4 is 39.6 Å². The number of hydrogen-bond acceptors (Lipinski definition) is 5. The molecule has 0 saturated heterocycles. The third-order valence-corrected chi connectivity index (χ3v) is 3.87. The first kappa shape index (κ1) is 15.1. The minimum Gasteiger partial charge on any atom is -0.402 e. The lowest BCUT2D eigenvalue weighted by Crippen LogP contribution is -2.05. The molecule has 0 bridgehead atoms. The number of benzene rings is 2. The van der Waals surface area contributed by atoms with Crippen molar-refractivity contribution in [1.29, 1.82) is 0 Å². The lowest BCUT2D eigenvalue weighted by molar-refractivity contribution is -0.384. The Labute approximate surface area is 139 Å². The van der Waals surface area contributed by atoms with Gasteiger partial charge < -0.3 is 4.74 Å². The van der Waals surface area contributed by atoms with Gasteiger partial charge in [0.2, 0.25) is 5.90 Å². The SMILES string of the molecule is O=C1OC(c2ccc([N+](=O)[O-])cc2)=NC1=Cc1ccccc1Br. The predicted molar refractivity (Wildman–Crippen MR) is 87.8 cm³/mol. The summed E-state index contributed by atoms with van der Waals surface area (Å²) in [6.45, 7) is 0. The molecule has 0 aliphatic carbocycles. The highest BCUT2D eigenvalue weighted by Gasteiger charge is 2.24. The van der Waals surface area contributed by atoms with Gasteiger partial charge in [-0.3, -0.25) is 10.1 Å². The van der Waals surface area contributed by atoms with E-state index >= 15 is 0 Å². The van der Waals surface area contributed by atoms with Crippen molar-refractivity contribution in [2.45, 2.75) is 0 Å². The molecule has 23 heavy (non-hydrogen) atoms. The van der Waals surface area contributed by atoms with Crippen LogP contribution in [0.25, 0.3) is 6.08 Å². The van der Waals surface area contributed by atoms with E-state index in [0.29, 0.717) is 5.56 Å². The molecule has 0 N–H and O–H groups in total. The molecular formula is C16H9BrN2O4. The molecule has 3 rings (SSSR count). The van der Waals surface area contributed by atoms with E-state index in [2.05, 4.69) is 20.9 Å². The van der Waals surface area contributed by atoms with Crippen LogP contribution in [0.2, 0.25) is 0 Å². The number of non-ortho nitro benzene ring substituents is 1. The first-order valence-electron chi connectivity index (χ1n) is 6.56. The highest BCUT2D eigenvalue weighted by molar-refractivity contribution is 9.10. The maximum atomic E-state index is 11.9. The van der Waals surface area contributed by atoms with Gasteiger partial charge in [0.25, 0.3) is 5.69 Å². The summed E-state index contributed by atoms with van der Waals surface area (Å²) in [4.78, 5) is 26.2. The fraction of sp³-hybridized carbons (Fsp3) is 0. The molecule has 0 radical (unpaired) electrons. The van der Waals surface area contributed by atoms with Crippen LogP contribution in [0.1, 0.15) is 11.1 Å². The Bertz CT molecular complexity index is 857. The van der Waals surface area contributed by atoms with Crippen molar-refractivity contribution in [1.82, 2.24) is 0 Å². The fourth-order valence-corrected chi connectivity index (χ4v) is 2.40. The zero-order valence-corrected chi connectivity index (χ0v) is 13.2. The third kappa shape index (κ3) is 3.19. The van der Waals surface area contributed by atoms with Gasteiger partial charge in [0.15, 0.2) is 5.70 Å². The molecule has 7 heteroatoms. The van der Waals surface area contributed by atoms with E-state index in [0.717, 1.165) is 10.0 Å². The van der Waals surface area contributed by atoms with Crippen LogP contribution in [0.15, 0.2) is 63.7 Å². The van der Waals surface area contributed by atoms with Crippen LogP contribution in [0.4, 0.5) is 5.69 Å². The van der Waals surface area contributed by atoms with Crippen LogP contribution in [0.3, 0.4) is 0 Å². The number of ether oxygens (including phenoxy) is 1. The minimum absolute atomic E-state index is 0.0392. The number of carbonyl (C=O) groups excluding carboxylic acids is 1. The number of carbonyl (C=O) groups is 1. The van der Waals surface area contributed by atoms with Crippen molar-refractivity contribution in [3.63, 3.8) is 0 Å². The Hall–Kier alpha value is -2.80. The van der Waals surface area contributed by atoms with E-state index in [9.17, 15) is 14.9 Å². The standard InChI is InChI=1S/C16H9BrN2O4/c17-13-4-2-1-3-11(13)9-14-16(20)23-15(18-14)10-5-7-12(8-6-10)19(21)22/h1-9H. The van der Waals surface area contributed by atoms with Gasteiger partial charge in [0.05, 0.1) is 4.92 Å². The molecule has 0 aromatic heterocycles. The average Bonchev–Trinajstić information content (AvgIpc) is 2.91. The average molecular weight is 373 g/mol. The number of nitrogens with zero attached hydrogens (tertiary/aromatic N) is 2. The lowest BCUT2D eigenvalue weighted by atomic mass is 10.2. The molecule has 1 heterocycles.